The van der Waals surface area contributed by atoms with E-state index in [4.69, 9.17) is 4.52 Å². The molecule has 0 aliphatic heterocycles. The van der Waals surface area contributed by atoms with Crippen LogP contribution in [0.2, 0.25) is 0 Å². The molecule has 2 heterocycles. The van der Waals surface area contributed by atoms with Gasteiger partial charge < -0.3 is 4.52 Å². The van der Waals surface area contributed by atoms with Gasteiger partial charge in [0.2, 0.25) is 5.89 Å². The first-order valence-electron chi connectivity index (χ1n) is 5.69. The van der Waals surface area contributed by atoms with E-state index < -0.39 is 0 Å². The average molecular weight is 358 g/mol. The monoisotopic (exact) mass is 358 g/mol. The number of halogens is 1. The fourth-order valence-corrected chi connectivity index (χ4v) is 2.14. The van der Waals surface area contributed by atoms with E-state index in [-0.39, 0.29) is 12.1 Å². The summed E-state index contributed by atoms with van der Waals surface area (Å²) < 4.78 is 7.30. The highest BCUT2D eigenvalue weighted by atomic mass is 127. The molecule has 6 nitrogen and oxygen atoms in total. The zero-order chi connectivity index (χ0) is 12.7. The Kier molecular flexibility index (Phi) is 2.92. The van der Waals surface area contributed by atoms with Gasteiger partial charge in [-0.2, -0.15) is 4.98 Å². The Morgan fingerprint density at radius 3 is 3.06 bits per heavy atom. The van der Waals surface area contributed by atoms with Crippen LogP contribution < -0.4 is 5.56 Å². The van der Waals surface area contributed by atoms with Gasteiger partial charge in [-0.05, 0) is 42.4 Å². The minimum atomic E-state index is -0.0747. The summed E-state index contributed by atoms with van der Waals surface area (Å²) in [6.45, 7) is 2.07. The van der Waals surface area contributed by atoms with Crippen molar-refractivity contribution in [2.24, 2.45) is 0 Å². The van der Waals surface area contributed by atoms with Crippen LogP contribution >= 0.6 is 22.6 Å². The smallest absolute Gasteiger partial charge is 0.267 e. The number of nitrogens with zero attached hydrogens (tertiary/aromatic N) is 4. The van der Waals surface area contributed by atoms with Gasteiger partial charge in [0.15, 0.2) is 5.82 Å². The molecule has 0 amide bonds. The maximum absolute atomic E-state index is 12.0. The fourth-order valence-electron chi connectivity index (χ4n) is 1.71. The number of hydrogen-bond acceptors (Lipinski definition) is 5. The summed E-state index contributed by atoms with van der Waals surface area (Å²) >= 11 is 1.97. The molecular weight excluding hydrogens is 347 g/mol. The number of rotatable bonds is 3. The molecule has 2 aromatic heterocycles. The molecular formula is C11H11IN4O2. The second-order valence-electron chi connectivity index (χ2n) is 4.37. The van der Waals surface area contributed by atoms with Gasteiger partial charge in [-0.15, -0.1) is 0 Å². The lowest BCUT2D eigenvalue weighted by Crippen LogP contribution is -2.26. The second kappa shape index (κ2) is 4.45. The maximum Gasteiger partial charge on any atom is 0.267 e. The lowest BCUT2D eigenvalue weighted by Gasteiger charge is -2.05. The third-order valence-electron chi connectivity index (χ3n) is 2.92. The molecule has 3 rings (SSSR count). The SMILES string of the molecule is Cc1ncc(I)c(=O)n1Cc1nc(C2CC2)no1. The van der Waals surface area contributed by atoms with E-state index in [2.05, 4.69) is 15.1 Å². The Morgan fingerprint density at radius 2 is 2.33 bits per heavy atom. The molecule has 94 valence electrons. The first kappa shape index (κ1) is 11.8. The van der Waals surface area contributed by atoms with Crippen LogP contribution in [0.25, 0.3) is 0 Å². The quantitative estimate of drug-likeness (QED) is 0.777. The van der Waals surface area contributed by atoms with Crippen molar-refractivity contribution in [3.8, 4) is 0 Å². The first-order valence-corrected chi connectivity index (χ1v) is 6.77. The maximum atomic E-state index is 12.0. The predicted octanol–water partition coefficient (Wildman–Crippen LogP) is 1.47. The van der Waals surface area contributed by atoms with Crippen molar-refractivity contribution >= 4 is 22.6 Å². The van der Waals surface area contributed by atoms with Crippen molar-refractivity contribution in [2.75, 3.05) is 0 Å². The van der Waals surface area contributed by atoms with E-state index in [1.807, 2.05) is 22.6 Å². The normalized spacial score (nSPS) is 15.0. The predicted molar refractivity (Wildman–Crippen MR) is 71.3 cm³/mol. The number of aryl methyl sites for hydroxylation is 1. The highest BCUT2D eigenvalue weighted by Crippen LogP contribution is 2.38. The van der Waals surface area contributed by atoms with E-state index in [0.29, 0.717) is 21.2 Å². The molecule has 0 aromatic carbocycles. The van der Waals surface area contributed by atoms with Crippen LogP contribution in [0.5, 0.6) is 0 Å². The van der Waals surface area contributed by atoms with Crippen LogP contribution in [0.1, 0.15) is 36.3 Å². The minimum absolute atomic E-state index is 0.0747. The van der Waals surface area contributed by atoms with Gasteiger partial charge in [0.1, 0.15) is 12.4 Å². The summed E-state index contributed by atoms with van der Waals surface area (Å²) in [5.74, 6) is 2.32. The Hall–Kier alpha value is -1.25. The zero-order valence-electron chi connectivity index (χ0n) is 9.76. The lowest BCUT2D eigenvalue weighted by molar-refractivity contribution is 0.363. The first-order chi connectivity index (χ1) is 8.65. The molecule has 0 spiro atoms. The molecule has 0 atom stereocenters. The summed E-state index contributed by atoms with van der Waals surface area (Å²) in [5.41, 5.74) is -0.0747. The molecule has 0 radical (unpaired) electrons. The van der Waals surface area contributed by atoms with Crippen LogP contribution in [0.4, 0.5) is 0 Å². The second-order valence-corrected chi connectivity index (χ2v) is 5.53. The van der Waals surface area contributed by atoms with Crippen LogP contribution in [-0.2, 0) is 6.54 Å². The van der Waals surface area contributed by atoms with Gasteiger partial charge >= 0.3 is 0 Å². The van der Waals surface area contributed by atoms with Crippen molar-refractivity contribution in [3.63, 3.8) is 0 Å². The van der Waals surface area contributed by atoms with Gasteiger partial charge in [-0.1, -0.05) is 5.16 Å². The van der Waals surface area contributed by atoms with Gasteiger partial charge in [0.25, 0.3) is 5.56 Å². The summed E-state index contributed by atoms with van der Waals surface area (Å²) in [6, 6.07) is 0. The Bertz CT molecular complexity index is 645. The summed E-state index contributed by atoms with van der Waals surface area (Å²) in [7, 11) is 0. The Morgan fingerprint density at radius 1 is 1.56 bits per heavy atom. The summed E-state index contributed by atoms with van der Waals surface area (Å²) in [4.78, 5) is 20.4. The van der Waals surface area contributed by atoms with Gasteiger partial charge in [0.05, 0.1) is 3.57 Å². The topological polar surface area (TPSA) is 73.8 Å². The molecule has 1 saturated carbocycles. The molecule has 7 heteroatoms. The molecule has 1 aliphatic rings. The molecule has 0 unspecified atom stereocenters. The van der Waals surface area contributed by atoms with Gasteiger partial charge in [-0.25, -0.2) is 4.98 Å². The molecule has 0 bridgehead atoms. The van der Waals surface area contributed by atoms with E-state index >= 15 is 0 Å². The number of hydrogen-bond donors (Lipinski definition) is 0. The molecule has 1 fully saturated rings. The Balaban J connectivity index is 1.91. The van der Waals surface area contributed by atoms with Gasteiger partial charge in [0, 0.05) is 12.1 Å². The highest BCUT2D eigenvalue weighted by Gasteiger charge is 2.28. The fraction of sp³-hybridized carbons (Fsp3) is 0.455. The summed E-state index contributed by atoms with van der Waals surface area (Å²) in [5, 5.41) is 3.93. The molecule has 1 aliphatic carbocycles. The van der Waals surface area contributed by atoms with Crippen LogP contribution in [0, 0.1) is 10.5 Å². The average Bonchev–Trinajstić information content (AvgIpc) is 3.10. The number of aromatic nitrogens is 4. The van der Waals surface area contributed by atoms with Crippen molar-refractivity contribution in [3.05, 3.63) is 37.7 Å². The van der Waals surface area contributed by atoms with Crippen molar-refractivity contribution in [1.82, 2.24) is 19.7 Å². The third kappa shape index (κ3) is 2.18. The molecule has 0 saturated heterocycles. The zero-order valence-corrected chi connectivity index (χ0v) is 11.9. The van der Waals surface area contributed by atoms with Crippen LogP contribution in [0.3, 0.4) is 0 Å². The van der Waals surface area contributed by atoms with Crippen molar-refractivity contribution in [1.29, 1.82) is 0 Å². The summed E-state index contributed by atoms with van der Waals surface area (Å²) in [6.07, 6.45) is 3.82. The lowest BCUT2D eigenvalue weighted by atomic mass is 10.4. The largest absolute Gasteiger partial charge is 0.337 e. The van der Waals surface area contributed by atoms with E-state index in [1.54, 1.807) is 17.7 Å². The molecule has 2 aromatic rings. The van der Waals surface area contributed by atoms with E-state index in [9.17, 15) is 4.79 Å². The van der Waals surface area contributed by atoms with Gasteiger partial charge in [-0.3, -0.25) is 9.36 Å². The third-order valence-corrected chi connectivity index (χ3v) is 3.66. The Labute approximate surface area is 117 Å². The molecule has 18 heavy (non-hydrogen) atoms. The van der Waals surface area contributed by atoms with Crippen molar-refractivity contribution in [2.45, 2.75) is 32.2 Å². The van der Waals surface area contributed by atoms with E-state index in [0.717, 1.165) is 18.7 Å². The van der Waals surface area contributed by atoms with Crippen LogP contribution in [-0.4, -0.2) is 19.7 Å². The van der Waals surface area contributed by atoms with E-state index in [1.165, 1.54) is 0 Å². The van der Waals surface area contributed by atoms with Crippen molar-refractivity contribution < 1.29 is 4.52 Å². The molecule has 0 N–H and O–H groups in total. The standard InChI is InChI=1S/C11H11IN4O2/c1-6-13-4-8(12)11(17)16(6)5-9-14-10(15-18-9)7-2-3-7/h4,7H,2-3,5H2,1H3. The minimum Gasteiger partial charge on any atom is -0.337 e. The van der Waals surface area contributed by atoms with Crippen LogP contribution in [0.15, 0.2) is 15.5 Å². The highest BCUT2D eigenvalue weighted by molar-refractivity contribution is 14.1.